The van der Waals surface area contributed by atoms with Crippen LogP contribution in [0, 0.1) is 5.41 Å². The highest BCUT2D eigenvalue weighted by Gasteiger charge is 2.47. The number of aliphatic hydroxyl groups excluding tert-OH is 1. The van der Waals surface area contributed by atoms with E-state index < -0.39 is 17.8 Å². The molecule has 5 heteroatoms. The second-order valence-corrected chi connectivity index (χ2v) is 5.35. The summed E-state index contributed by atoms with van der Waals surface area (Å²) in [5.41, 5.74) is -0.534. The van der Waals surface area contributed by atoms with E-state index in [9.17, 15) is 18.3 Å². The summed E-state index contributed by atoms with van der Waals surface area (Å²) >= 11 is 0. The van der Waals surface area contributed by atoms with Crippen molar-refractivity contribution in [2.75, 3.05) is 5.32 Å². The number of nitrogens with one attached hydrogen (secondary N) is 1. The minimum atomic E-state index is -4.33. The van der Waals surface area contributed by atoms with Gasteiger partial charge in [0.05, 0.1) is 11.7 Å². The largest absolute Gasteiger partial charge is 0.416 e. The summed E-state index contributed by atoms with van der Waals surface area (Å²) in [7, 11) is 0. The molecule has 1 saturated carbocycles. The Bertz CT molecular complexity index is 442. The molecule has 1 fully saturated rings. The molecule has 0 radical (unpaired) electrons. The summed E-state index contributed by atoms with van der Waals surface area (Å²) in [4.78, 5) is 0. The highest BCUT2D eigenvalue weighted by Crippen LogP contribution is 2.42. The molecule has 0 aromatic heterocycles. The van der Waals surface area contributed by atoms with Crippen molar-refractivity contribution >= 4 is 5.69 Å². The van der Waals surface area contributed by atoms with E-state index in [2.05, 4.69) is 5.32 Å². The fourth-order valence-electron chi connectivity index (χ4n) is 2.13. The lowest BCUT2D eigenvalue weighted by Crippen LogP contribution is -2.56. The molecule has 0 amide bonds. The summed E-state index contributed by atoms with van der Waals surface area (Å²) in [6.45, 7) is 3.79. The van der Waals surface area contributed by atoms with Crippen LogP contribution in [0.25, 0.3) is 0 Å². The predicted molar refractivity (Wildman–Crippen MR) is 63.3 cm³/mol. The minimum absolute atomic E-state index is 0.00372. The van der Waals surface area contributed by atoms with Gasteiger partial charge in [-0.3, -0.25) is 0 Å². The molecular weight excluding hydrogens is 243 g/mol. The van der Waals surface area contributed by atoms with Crippen LogP contribution < -0.4 is 5.32 Å². The number of halogens is 3. The van der Waals surface area contributed by atoms with Gasteiger partial charge in [-0.2, -0.15) is 13.2 Å². The molecular formula is C13H16F3NO. The normalized spacial score (nSPS) is 26.6. The van der Waals surface area contributed by atoms with Gasteiger partial charge in [0, 0.05) is 17.1 Å². The van der Waals surface area contributed by atoms with Gasteiger partial charge in [0.1, 0.15) is 0 Å². The molecule has 2 rings (SSSR count). The van der Waals surface area contributed by atoms with Crippen molar-refractivity contribution in [1.29, 1.82) is 0 Å². The monoisotopic (exact) mass is 259 g/mol. The summed E-state index contributed by atoms with van der Waals surface area (Å²) in [5.74, 6) is 0. The van der Waals surface area contributed by atoms with Gasteiger partial charge in [-0.25, -0.2) is 0 Å². The molecule has 1 aliphatic carbocycles. The van der Waals surface area contributed by atoms with Crippen LogP contribution in [0.1, 0.15) is 25.8 Å². The number of aliphatic hydroxyl groups is 1. The molecule has 18 heavy (non-hydrogen) atoms. The van der Waals surface area contributed by atoms with Crippen molar-refractivity contribution in [3.8, 4) is 0 Å². The Kier molecular flexibility index (Phi) is 3.05. The second kappa shape index (κ2) is 4.16. The average Bonchev–Trinajstić information content (AvgIpc) is 2.28. The van der Waals surface area contributed by atoms with Crippen LogP contribution in [0.2, 0.25) is 0 Å². The molecule has 2 atom stereocenters. The van der Waals surface area contributed by atoms with E-state index in [1.54, 1.807) is 6.07 Å². The first kappa shape index (κ1) is 13.2. The summed E-state index contributed by atoms with van der Waals surface area (Å²) in [6.07, 6.45) is -4.17. The van der Waals surface area contributed by atoms with E-state index in [4.69, 9.17) is 0 Å². The van der Waals surface area contributed by atoms with Gasteiger partial charge in [-0.05, 0) is 24.6 Å². The maximum absolute atomic E-state index is 12.5. The van der Waals surface area contributed by atoms with Crippen molar-refractivity contribution < 1.29 is 18.3 Å². The van der Waals surface area contributed by atoms with Gasteiger partial charge in [0.2, 0.25) is 0 Å². The van der Waals surface area contributed by atoms with Crippen LogP contribution >= 0.6 is 0 Å². The second-order valence-electron chi connectivity index (χ2n) is 5.35. The molecule has 0 bridgehead atoms. The van der Waals surface area contributed by atoms with Crippen molar-refractivity contribution in [2.24, 2.45) is 5.41 Å². The summed E-state index contributed by atoms with van der Waals surface area (Å²) in [6, 6.07) is 5.13. The molecule has 1 aliphatic rings. The molecule has 2 unspecified atom stereocenters. The zero-order valence-corrected chi connectivity index (χ0v) is 10.3. The standard InChI is InChI=1S/C13H16F3NO/c1-12(2)10(7-11(12)18)17-9-5-3-4-8(6-9)13(14,15)16/h3-6,10-11,17-18H,7H2,1-2H3. The lowest BCUT2D eigenvalue weighted by Gasteiger charge is -2.49. The Hall–Kier alpha value is -1.23. The van der Waals surface area contributed by atoms with Gasteiger partial charge in [-0.1, -0.05) is 19.9 Å². The van der Waals surface area contributed by atoms with Gasteiger partial charge < -0.3 is 10.4 Å². The Balaban J connectivity index is 2.12. The highest BCUT2D eigenvalue weighted by molar-refractivity contribution is 5.48. The van der Waals surface area contributed by atoms with Crippen molar-refractivity contribution in [1.82, 2.24) is 0 Å². The smallest absolute Gasteiger partial charge is 0.392 e. The summed E-state index contributed by atoms with van der Waals surface area (Å²) < 4.78 is 37.6. The molecule has 0 aliphatic heterocycles. The first-order chi connectivity index (χ1) is 8.21. The fourth-order valence-corrected chi connectivity index (χ4v) is 2.13. The Morgan fingerprint density at radius 3 is 2.50 bits per heavy atom. The van der Waals surface area contributed by atoms with Gasteiger partial charge in [-0.15, -0.1) is 0 Å². The Morgan fingerprint density at radius 1 is 1.33 bits per heavy atom. The van der Waals surface area contributed by atoms with E-state index in [0.717, 1.165) is 12.1 Å². The van der Waals surface area contributed by atoms with Crippen LogP contribution in [-0.2, 0) is 6.18 Å². The molecule has 0 spiro atoms. The quantitative estimate of drug-likeness (QED) is 0.854. The molecule has 2 N–H and O–H groups in total. The SMILES string of the molecule is CC1(C)C(O)CC1Nc1cccc(C(F)(F)F)c1. The van der Waals surface area contributed by atoms with Gasteiger partial charge in [0.15, 0.2) is 0 Å². The topological polar surface area (TPSA) is 32.3 Å². The number of benzene rings is 1. The van der Waals surface area contributed by atoms with Crippen LogP contribution in [0.4, 0.5) is 18.9 Å². The third kappa shape index (κ3) is 2.32. The lowest BCUT2D eigenvalue weighted by atomic mass is 9.64. The Morgan fingerprint density at radius 2 is 2.00 bits per heavy atom. The average molecular weight is 259 g/mol. The number of alkyl halides is 3. The third-order valence-electron chi connectivity index (χ3n) is 3.75. The van der Waals surface area contributed by atoms with Gasteiger partial charge in [0.25, 0.3) is 0 Å². The van der Waals surface area contributed by atoms with E-state index in [0.29, 0.717) is 12.1 Å². The molecule has 1 aromatic rings. The zero-order chi connectivity index (χ0) is 13.6. The number of rotatable bonds is 2. The minimum Gasteiger partial charge on any atom is -0.392 e. The highest BCUT2D eigenvalue weighted by atomic mass is 19.4. The molecule has 1 aromatic carbocycles. The van der Waals surface area contributed by atoms with E-state index in [-0.39, 0.29) is 11.5 Å². The lowest BCUT2D eigenvalue weighted by molar-refractivity contribution is -0.137. The van der Waals surface area contributed by atoms with Crippen LogP contribution in [-0.4, -0.2) is 17.3 Å². The van der Waals surface area contributed by atoms with Crippen molar-refractivity contribution in [3.63, 3.8) is 0 Å². The molecule has 0 heterocycles. The van der Waals surface area contributed by atoms with Gasteiger partial charge >= 0.3 is 6.18 Å². The molecule has 0 saturated heterocycles. The maximum atomic E-state index is 12.5. The van der Waals surface area contributed by atoms with Crippen molar-refractivity contribution in [2.45, 2.75) is 38.6 Å². The van der Waals surface area contributed by atoms with Crippen LogP contribution in [0.15, 0.2) is 24.3 Å². The first-order valence-corrected chi connectivity index (χ1v) is 5.83. The van der Waals surface area contributed by atoms with E-state index in [1.807, 2.05) is 13.8 Å². The first-order valence-electron chi connectivity index (χ1n) is 5.83. The Labute approximate surface area is 104 Å². The maximum Gasteiger partial charge on any atom is 0.416 e. The van der Waals surface area contributed by atoms with E-state index >= 15 is 0 Å². The number of anilines is 1. The molecule has 100 valence electrons. The molecule has 2 nitrogen and oxygen atoms in total. The number of hydrogen-bond donors (Lipinski definition) is 2. The number of hydrogen-bond acceptors (Lipinski definition) is 2. The van der Waals surface area contributed by atoms with E-state index in [1.165, 1.54) is 6.07 Å². The third-order valence-corrected chi connectivity index (χ3v) is 3.75. The summed E-state index contributed by atoms with van der Waals surface area (Å²) in [5, 5.41) is 12.6. The fraction of sp³-hybridized carbons (Fsp3) is 0.538. The predicted octanol–water partition coefficient (Wildman–Crippen LogP) is 3.28. The van der Waals surface area contributed by atoms with Crippen LogP contribution in [0.3, 0.4) is 0 Å². The van der Waals surface area contributed by atoms with Crippen LogP contribution in [0.5, 0.6) is 0 Å². The van der Waals surface area contributed by atoms with Crippen molar-refractivity contribution in [3.05, 3.63) is 29.8 Å². The zero-order valence-electron chi connectivity index (χ0n) is 10.3.